The smallest absolute Gasteiger partial charge is 0.00732 e. The molecule has 0 aromatic rings. The summed E-state index contributed by atoms with van der Waals surface area (Å²) in [5, 5.41) is 0.745. The van der Waals surface area contributed by atoms with Gasteiger partial charge in [-0.1, -0.05) is 19.3 Å². The highest BCUT2D eigenvalue weighted by Gasteiger charge is 2.43. The van der Waals surface area contributed by atoms with Crippen molar-refractivity contribution in [1.82, 2.24) is 0 Å². The van der Waals surface area contributed by atoms with E-state index in [-0.39, 0.29) is 0 Å². The number of hydrogen-bond donors (Lipinski definition) is 1. The van der Waals surface area contributed by atoms with E-state index in [4.69, 9.17) is 0 Å². The van der Waals surface area contributed by atoms with E-state index in [0.717, 1.165) is 10.7 Å². The van der Waals surface area contributed by atoms with E-state index < -0.39 is 0 Å². The molecule has 0 nitrogen and oxygen atoms in total. The summed E-state index contributed by atoms with van der Waals surface area (Å²) >= 11 is 4.67. The molecule has 1 unspecified atom stereocenters. The van der Waals surface area contributed by atoms with Gasteiger partial charge in [0, 0.05) is 5.25 Å². The molecule has 0 saturated heterocycles. The van der Waals surface area contributed by atoms with E-state index in [1.54, 1.807) is 0 Å². The Hall–Kier alpha value is 0.350. The average Bonchev–Trinajstić information content (AvgIpc) is 1.85. The Labute approximate surface area is 68.8 Å². The second-order valence-electron chi connectivity index (χ2n) is 3.98. The van der Waals surface area contributed by atoms with Crippen LogP contribution in [0.15, 0.2) is 0 Å². The zero-order valence-electron chi connectivity index (χ0n) is 6.47. The van der Waals surface area contributed by atoms with Gasteiger partial charge in [-0.3, -0.25) is 0 Å². The molecule has 0 heterocycles. The standard InChI is InChI=1S/C9H16S/c10-8-4-1-2-5-9(8)6-3-7-9/h8,10H,1-7H2. The van der Waals surface area contributed by atoms with E-state index in [9.17, 15) is 0 Å². The van der Waals surface area contributed by atoms with Crippen LogP contribution in [0, 0.1) is 5.41 Å². The molecule has 0 aromatic heterocycles. The Kier molecular flexibility index (Phi) is 1.71. The van der Waals surface area contributed by atoms with Gasteiger partial charge in [-0.25, -0.2) is 0 Å². The van der Waals surface area contributed by atoms with Crippen LogP contribution >= 0.6 is 12.6 Å². The van der Waals surface area contributed by atoms with Gasteiger partial charge in [-0.15, -0.1) is 0 Å². The van der Waals surface area contributed by atoms with Crippen molar-refractivity contribution in [2.45, 2.75) is 50.2 Å². The van der Waals surface area contributed by atoms with Crippen molar-refractivity contribution >= 4 is 12.6 Å². The highest BCUT2D eigenvalue weighted by molar-refractivity contribution is 7.81. The molecule has 2 rings (SSSR count). The minimum absolute atomic E-state index is 0.724. The van der Waals surface area contributed by atoms with E-state index in [2.05, 4.69) is 12.6 Å². The molecular weight excluding hydrogens is 140 g/mol. The van der Waals surface area contributed by atoms with Gasteiger partial charge in [0.1, 0.15) is 0 Å². The highest BCUT2D eigenvalue weighted by Crippen LogP contribution is 2.53. The van der Waals surface area contributed by atoms with Crippen LogP contribution in [-0.2, 0) is 0 Å². The fourth-order valence-electron chi connectivity index (χ4n) is 2.50. The van der Waals surface area contributed by atoms with Gasteiger partial charge in [-0.05, 0) is 31.1 Å². The zero-order chi connectivity index (χ0) is 7.03. The van der Waals surface area contributed by atoms with Gasteiger partial charge in [0.15, 0.2) is 0 Å². The van der Waals surface area contributed by atoms with Gasteiger partial charge in [-0.2, -0.15) is 12.6 Å². The first kappa shape index (κ1) is 7.02. The average molecular weight is 156 g/mol. The largest absolute Gasteiger partial charge is 0.175 e. The Bertz CT molecular complexity index is 127. The maximum absolute atomic E-state index is 4.67. The van der Waals surface area contributed by atoms with Crippen molar-refractivity contribution < 1.29 is 0 Å². The summed E-state index contributed by atoms with van der Waals surface area (Å²) in [7, 11) is 0. The van der Waals surface area contributed by atoms with Crippen LogP contribution in [0.25, 0.3) is 0 Å². The molecule has 10 heavy (non-hydrogen) atoms. The van der Waals surface area contributed by atoms with Crippen molar-refractivity contribution in [2.24, 2.45) is 5.41 Å². The van der Waals surface area contributed by atoms with Crippen LogP contribution in [0.3, 0.4) is 0 Å². The lowest BCUT2D eigenvalue weighted by atomic mass is 9.60. The number of thiol groups is 1. The van der Waals surface area contributed by atoms with E-state index in [0.29, 0.717) is 0 Å². The van der Waals surface area contributed by atoms with Crippen LogP contribution in [-0.4, -0.2) is 5.25 Å². The summed E-state index contributed by atoms with van der Waals surface area (Å²) in [6.45, 7) is 0. The lowest BCUT2D eigenvalue weighted by Gasteiger charge is -2.49. The van der Waals surface area contributed by atoms with E-state index in [1.165, 1.54) is 44.9 Å². The maximum atomic E-state index is 4.67. The molecule has 1 heteroatoms. The Morgan fingerprint density at radius 1 is 1.00 bits per heavy atom. The van der Waals surface area contributed by atoms with Crippen molar-refractivity contribution in [2.75, 3.05) is 0 Å². The van der Waals surface area contributed by atoms with Gasteiger partial charge >= 0.3 is 0 Å². The Balaban J connectivity index is 2.03. The van der Waals surface area contributed by atoms with Gasteiger partial charge < -0.3 is 0 Å². The van der Waals surface area contributed by atoms with Crippen molar-refractivity contribution in [1.29, 1.82) is 0 Å². The van der Waals surface area contributed by atoms with Crippen LogP contribution < -0.4 is 0 Å². The Morgan fingerprint density at radius 3 is 2.10 bits per heavy atom. The number of hydrogen-bond acceptors (Lipinski definition) is 1. The van der Waals surface area contributed by atoms with E-state index in [1.807, 2.05) is 0 Å². The van der Waals surface area contributed by atoms with Crippen LogP contribution in [0.2, 0.25) is 0 Å². The van der Waals surface area contributed by atoms with Gasteiger partial charge in [0.2, 0.25) is 0 Å². The maximum Gasteiger partial charge on any atom is 0.00732 e. The van der Waals surface area contributed by atoms with E-state index >= 15 is 0 Å². The molecule has 2 fully saturated rings. The van der Waals surface area contributed by atoms with Crippen LogP contribution in [0.4, 0.5) is 0 Å². The fraction of sp³-hybridized carbons (Fsp3) is 1.00. The molecule has 1 atom stereocenters. The monoisotopic (exact) mass is 156 g/mol. The summed E-state index contributed by atoms with van der Waals surface area (Å²) in [5.41, 5.74) is 0.724. The highest BCUT2D eigenvalue weighted by atomic mass is 32.1. The van der Waals surface area contributed by atoms with Gasteiger partial charge in [0.05, 0.1) is 0 Å². The minimum Gasteiger partial charge on any atom is -0.175 e. The second-order valence-corrected chi connectivity index (χ2v) is 4.60. The first-order chi connectivity index (χ1) is 4.83. The normalized spacial score (nSPS) is 37.5. The summed E-state index contributed by atoms with van der Waals surface area (Å²) in [6, 6.07) is 0. The molecule has 0 aliphatic heterocycles. The zero-order valence-corrected chi connectivity index (χ0v) is 7.37. The van der Waals surface area contributed by atoms with Crippen LogP contribution in [0.5, 0.6) is 0 Å². The molecule has 0 aromatic carbocycles. The molecule has 58 valence electrons. The molecule has 0 N–H and O–H groups in total. The van der Waals surface area contributed by atoms with Crippen molar-refractivity contribution in [3.63, 3.8) is 0 Å². The summed E-state index contributed by atoms with van der Waals surface area (Å²) in [5.74, 6) is 0. The summed E-state index contributed by atoms with van der Waals surface area (Å²) in [6.07, 6.45) is 10.2. The first-order valence-corrected chi connectivity index (χ1v) is 5.03. The SMILES string of the molecule is SC1CCCCC12CCC2. The fourth-order valence-corrected chi connectivity index (χ4v) is 3.07. The third kappa shape index (κ3) is 0.903. The molecule has 0 radical (unpaired) electrons. The molecular formula is C9H16S. The lowest BCUT2D eigenvalue weighted by molar-refractivity contribution is 0.0869. The lowest BCUT2D eigenvalue weighted by Crippen LogP contribution is -2.40. The molecule has 0 amide bonds. The molecule has 2 saturated carbocycles. The third-order valence-corrected chi connectivity index (χ3v) is 4.26. The number of rotatable bonds is 0. The predicted octanol–water partition coefficient (Wildman–Crippen LogP) is 3.03. The first-order valence-electron chi connectivity index (χ1n) is 4.52. The molecule has 1 spiro atoms. The van der Waals surface area contributed by atoms with Gasteiger partial charge in [0.25, 0.3) is 0 Å². The predicted molar refractivity (Wildman–Crippen MR) is 47.5 cm³/mol. The molecule has 2 aliphatic carbocycles. The summed E-state index contributed by atoms with van der Waals surface area (Å²) < 4.78 is 0. The molecule has 0 bridgehead atoms. The quantitative estimate of drug-likeness (QED) is 0.512. The third-order valence-electron chi connectivity index (χ3n) is 3.46. The summed E-state index contributed by atoms with van der Waals surface area (Å²) in [4.78, 5) is 0. The van der Waals surface area contributed by atoms with Crippen LogP contribution in [0.1, 0.15) is 44.9 Å². The Morgan fingerprint density at radius 2 is 1.70 bits per heavy atom. The molecule has 2 aliphatic rings. The minimum atomic E-state index is 0.724. The second kappa shape index (κ2) is 2.44. The van der Waals surface area contributed by atoms with Crippen molar-refractivity contribution in [3.8, 4) is 0 Å². The topological polar surface area (TPSA) is 0 Å². The van der Waals surface area contributed by atoms with Crippen molar-refractivity contribution in [3.05, 3.63) is 0 Å².